The van der Waals surface area contributed by atoms with Gasteiger partial charge in [0.25, 0.3) is 11.6 Å². The third-order valence-electron chi connectivity index (χ3n) is 5.24. The molecule has 0 radical (unpaired) electrons. The summed E-state index contributed by atoms with van der Waals surface area (Å²) in [6.45, 7) is 8.22. The van der Waals surface area contributed by atoms with Gasteiger partial charge in [0.05, 0.1) is 16.0 Å². The number of nitrogens with one attached hydrogen (secondary N) is 1. The van der Waals surface area contributed by atoms with E-state index in [4.69, 9.17) is 0 Å². The summed E-state index contributed by atoms with van der Waals surface area (Å²) >= 11 is 1.27. The Balaban J connectivity index is 1.53. The molecule has 4 aromatic rings. The second-order valence-corrected chi connectivity index (χ2v) is 8.88. The van der Waals surface area contributed by atoms with Crippen molar-refractivity contribution in [3.63, 3.8) is 0 Å². The van der Waals surface area contributed by atoms with Crippen molar-refractivity contribution in [2.45, 2.75) is 27.7 Å². The van der Waals surface area contributed by atoms with Crippen LogP contribution in [0.25, 0.3) is 15.8 Å². The van der Waals surface area contributed by atoms with Crippen molar-refractivity contribution in [1.82, 2.24) is 9.99 Å². The number of benzene rings is 2. The van der Waals surface area contributed by atoms with Gasteiger partial charge in [-0.2, -0.15) is 5.10 Å². The molecule has 2 heterocycles. The number of hydrazone groups is 1. The molecule has 162 valence electrons. The SMILES string of the molecule is Cc1cc(C)cc(-n2c(C)cc(C=NNC(=O)c3cc4cc([N+](=O)[O-])ccc4s3)c2C)c1. The average molecular weight is 447 g/mol. The highest BCUT2D eigenvalue weighted by molar-refractivity contribution is 7.20. The Hall–Kier alpha value is -3.78. The zero-order valence-electron chi connectivity index (χ0n) is 18.2. The molecule has 2 aromatic carbocycles. The first kappa shape index (κ1) is 21.5. The van der Waals surface area contributed by atoms with Gasteiger partial charge in [0.1, 0.15) is 0 Å². The fraction of sp³-hybridized carbons (Fsp3) is 0.167. The van der Waals surface area contributed by atoms with E-state index in [0.717, 1.165) is 27.3 Å². The maximum Gasteiger partial charge on any atom is 0.281 e. The normalized spacial score (nSPS) is 11.4. The van der Waals surface area contributed by atoms with Crippen LogP contribution in [0.3, 0.4) is 0 Å². The number of hydrogen-bond acceptors (Lipinski definition) is 5. The van der Waals surface area contributed by atoms with Gasteiger partial charge in [-0.1, -0.05) is 6.07 Å². The zero-order valence-corrected chi connectivity index (χ0v) is 19.0. The molecule has 0 bridgehead atoms. The van der Waals surface area contributed by atoms with Gasteiger partial charge in [0.15, 0.2) is 0 Å². The summed E-state index contributed by atoms with van der Waals surface area (Å²) in [5, 5.41) is 15.7. The number of nitro groups is 1. The van der Waals surface area contributed by atoms with Crippen LogP contribution < -0.4 is 5.43 Å². The number of non-ortho nitro benzene ring substituents is 1. The molecule has 0 unspecified atom stereocenters. The number of fused-ring (bicyclic) bond motifs is 1. The van der Waals surface area contributed by atoms with Crippen molar-refractivity contribution in [1.29, 1.82) is 0 Å². The summed E-state index contributed by atoms with van der Waals surface area (Å²) in [5.41, 5.74) is 9.06. The minimum absolute atomic E-state index is 0.000519. The molecule has 32 heavy (non-hydrogen) atoms. The number of nitrogens with zero attached hydrogens (tertiary/aromatic N) is 3. The Bertz CT molecular complexity index is 1380. The van der Waals surface area contributed by atoms with E-state index >= 15 is 0 Å². The van der Waals surface area contributed by atoms with Gasteiger partial charge in [-0.15, -0.1) is 11.3 Å². The topological polar surface area (TPSA) is 89.5 Å². The maximum atomic E-state index is 12.5. The van der Waals surface area contributed by atoms with Gasteiger partial charge in [0.2, 0.25) is 0 Å². The Morgan fingerprint density at radius 1 is 1.06 bits per heavy atom. The summed E-state index contributed by atoms with van der Waals surface area (Å²) < 4.78 is 2.98. The summed E-state index contributed by atoms with van der Waals surface area (Å²) in [7, 11) is 0. The van der Waals surface area contributed by atoms with Gasteiger partial charge >= 0.3 is 0 Å². The van der Waals surface area contributed by atoms with Crippen molar-refractivity contribution in [3.8, 4) is 5.69 Å². The number of aromatic nitrogens is 1. The van der Waals surface area contributed by atoms with E-state index in [1.54, 1.807) is 18.3 Å². The number of rotatable bonds is 5. The monoisotopic (exact) mass is 446 g/mol. The van der Waals surface area contributed by atoms with Gasteiger partial charge in [-0.05, 0) is 69.2 Å². The van der Waals surface area contributed by atoms with E-state index in [1.807, 2.05) is 19.9 Å². The van der Waals surface area contributed by atoms with Crippen molar-refractivity contribution in [2.75, 3.05) is 0 Å². The van der Waals surface area contributed by atoms with E-state index in [9.17, 15) is 14.9 Å². The summed E-state index contributed by atoms with van der Waals surface area (Å²) in [5.74, 6) is -0.354. The lowest BCUT2D eigenvalue weighted by Gasteiger charge is -2.11. The molecular weight excluding hydrogens is 424 g/mol. The van der Waals surface area contributed by atoms with Crippen LogP contribution in [0.15, 0.2) is 53.6 Å². The second kappa shape index (κ2) is 8.39. The zero-order chi connectivity index (χ0) is 23.0. The molecule has 0 aliphatic heterocycles. The third kappa shape index (κ3) is 4.17. The quantitative estimate of drug-likeness (QED) is 0.246. The lowest BCUT2D eigenvalue weighted by molar-refractivity contribution is -0.384. The first-order valence-electron chi connectivity index (χ1n) is 10.0. The number of nitro benzene ring substituents is 1. The molecule has 0 spiro atoms. The van der Waals surface area contributed by atoms with E-state index in [1.165, 1.54) is 34.6 Å². The highest BCUT2D eigenvalue weighted by Crippen LogP contribution is 2.29. The first-order chi connectivity index (χ1) is 15.2. The van der Waals surface area contributed by atoms with E-state index < -0.39 is 4.92 Å². The lowest BCUT2D eigenvalue weighted by Crippen LogP contribution is -2.16. The Morgan fingerprint density at radius 2 is 1.78 bits per heavy atom. The van der Waals surface area contributed by atoms with Crippen LogP contribution >= 0.6 is 11.3 Å². The summed E-state index contributed by atoms with van der Waals surface area (Å²) in [6.07, 6.45) is 1.64. The largest absolute Gasteiger partial charge is 0.318 e. The third-order valence-corrected chi connectivity index (χ3v) is 6.35. The first-order valence-corrected chi connectivity index (χ1v) is 10.8. The lowest BCUT2D eigenvalue weighted by atomic mass is 10.1. The molecule has 4 rings (SSSR count). The van der Waals surface area contributed by atoms with Crippen molar-refractivity contribution < 1.29 is 9.72 Å². The van der Waals surface area contributed by atoms with Crippen LogP contribution in [0.2, 0.25) is 0 Å². The number of hydrogen-bond donors (Lipinski definition) is 1. The van der Waals surface area contributed by atoms with E-state index in [-0.39, 0.29) is 11.6 Å². The highest BCUT2D eigenvalue weighted by atomic mass is 32.1. The summed E-state index contributed by atoms with van der Waals surface area (Å²) in [4.78, 5) is 23.5. The van der Waals surface area contributed by atoms with Crippen molar-refractivity contribution in [2.24, 2.45) is 5.10 Å². The van der Waals surface area contributed by atoms with Crippen LogP contribution in [0.4, 0.5) is 5.69 Å². The molecule has 0 atom stereocenters. The molecule has 2 aromatic heterocycles. The van der Waals surface area contributed by atoms with Gasteiger partial charge < -0.3 is 4.57 Å². The van der Waals surface area contributed by atoms with Crippen molar-refractivity contribution in [3.05, 3.63) is 91.6 Å². The predicted octanol–water partition coefficient (Wildman–Crippen LogP) is 5.60. The van der Waals surface area contributed by atoms with Crippen LogP contribution in [0.1, 0.15) is 37.7 Å². The minimum atomic E-state index is -0.449. The maximum absolute atomic E-state index is 12.5. The molecule has 0 aliphatic rings. The fourth-order valence-electron chi connectivity index (χ4n) is 3.87. The molecule has 1 amide bonds. The smallest absolute Gasteiger partial charge is 0.281 e. The number of carbonyl (C=O) groups excluding carboxylic acids is 1. The highest BCUT2D eigenvalue weighted by Gasteiger charge is 2.14. The Kier molecular flexibility index (Phi) is 5.63. The van der Waals surface area contributed by atoms with Crippen molar-refractivity contribution >= 4 is 39.2 Å². The average Bonchev–Trinajstić information content (AvgIpc) is 3.27. The molecule has 1 N–H and O–H groups in total. The Morgan fingerprint density at radius 3 is 2.47 bits per heavy atom. The number of aryl methyl sites for hydroxylation is 3. The van der Waals surface area contributed by atoms with Gasteiger partial charge in [0, 0.05) is 44.9 Å². The molecule has 8 heteroatoms. The molecule has 0 saturated carbocycles. The second-order valence-electron chi connectivity index (χ2n) is 7.80. The number of carbonyl (C=O) groups is 1. The molecule has 0 fully saturated rings. The fourth-order valence-corrected chi connectivity index (χ4v) is 4.80. The molecule has 0 aliphatic carbocycles. The minimum Gasteiger partial charge on any atom is -0.318 e. The summed E-state index contributed by atoms with van der Waals surface area (Å²) in [6, 6.07) is 14.6. The number of thiophene rings is 1. The van der Waals surface area contributed by atoms with Crippen LogP contribution in [-0.4, -0.2) is 21.6 Å². The van der Waals surface area contributed by atoms with Gasteiger partial charge in [-0.25, -0.2) is 5.43 Å². The van der Waals surface area contributed by atoms with Crippen LogP contribution in [0, 0.1) is 37.8 Å². The molecule has 0 saturated heterocycles. The predicted molar refractivity (Wildman–Crippen MR) is 128 cm³/mol. The van der Waals surface area contributed by atoms with Crippen LogP contribution in [0.5, 0.6) is 0 Å². The van der Waals surface area contributed by atoms with E-state index in [2.05, 4.69) is 47.1 Å². The van der Waals surface area contributed by atoms with E-state index in [0.29, 0.717) is 10.3 Å². The van der Waals surface area contributed by atoms with Crippen LogP contribution in [-0.2, 0) is 0 Å². The molecular formula is C24H22N4O3S. The Labute approximate surface area is 189 Å². The van der Waals surface area contributed by atoms with Gasteiger partial charge in [-0.3, -0.25) is 14.9 Å². The standard InChI is InChI=1S/C24H22N4O3S/c1-14-7-15(2)9-21(8-14)27-16(3)10-19(17(27)4)13-25-26-24(29)23-12-18-11-20(28(30)31)5-6-22(18)32-23/h5-13H,1-4H3,(H,26,29). The number of amides is 1. The molecule has 7 nitrogen and oxygen atoms in total.